The van der Waals surface area contributed by atoms with Crippen LogP contribution in [0.25, 0.3) is 0 Å². The molecule has 7 nitrogen and oxygen atoms in total. The fourth-order valence-electron chi connectivity index (χ4n) is 5.72. The average molecular weight is 568 g/mol. The normalized spacial score (nSPS) is 26.5. The van der Waals surface area contributed by atoms with E-state index in [-0.39, 0.29) is 46.7 Å². The maximum atomic E-state index is 15.6. The third-order valence-electron chi connectivity index (χ3n) is 7.69. The summed E-state index contributed by atoms with van der Waals surface area (Å²) in [5.74, 6) is -3.98. The lowest BCUT2D eigenvalue weighted by molar-refractivity contribution is -0.123. The number of rotatable bonds is 10. The first-order valence-corrected chi connectivity index (χ1v) is 13.2. The summed E-state index contributed by atoms with van der Waals surface area (Å²) in [5, 5.41) is 45.7. The molecule has 0 aromatic heterocycles. The Morgan fingerprint density at radius 2 is 1.95 bits per heavy atom. The molecule has 11 heteroatoms. The number of nitrogens with one attached hydrogen (secondary N) is 2. The van der Waals surface area contributed by atoms with Gasteiger partial charge < -0.3 is 26.0 Å². The van der Waals surface area contributed by atoms with E-state index in [0.717, 1.165) is 18.9 Å². The van der Waals surface area contributed by atoms with Crippen molar-refractivity contribution in [3.63, 3.8) is 0 Å². The van der Waals surface area contributed by atoms with Crippen molar-refractivity contribution >= 4 is 29.1 Å². The number of hydrogen-bond donors (Lipinski definition) is 5. The van der Waals surface area contributed by atoms with Crippen LogP contribution in [0, 0.1) is 34.8 Å². The van der Waals surface area contributed by atoms with E-state index in [1.807, 2.05) is 0 Å². The van der Waals surface area contributed by atoms with Crippen LogP contribution in [0.3, 0.4) is 0 Å². The highest BCUT2D eigenvalue weighted by atomic mass is 35.5. The second-order valence-electron chi connectivity index (χ2n) is 9.95. The Labute approximate surface area is 229 Å². The number of carbonyl (C=O) groups is 1. The van der Waals surface area contributed by atoms with Gasteiger partial charge in [0.1, 0.15) is 17.0 Å². The summed E-state index contributed by atoms with van der Waals surface area (Å²) in [6.07, 6.45) is 0.599. The molecule has 2 aliphatic rings. The van der Waals surface area contributed by atoms with Gasteiger partial charge in [-0.3, -0.25) is 4.79 Å². The largest absolute Gasteiger partial charge is 0.396 e. The summed E-state index contributed by atoms with van der Waals surface area (Å²) in [4.78, 5) is 13.6. The summed E-state index contributed by atoms with van der Waals surface area (Å²) in [5.41, 5.74) is -1.95. The first-order valence-electron chi connectivity index (χ1n) is 12.4. The van der Waals surface area contributed by atoms with Crippen molar-refractivity contribution in [1.82, 2.24) is 10.6 Å². The summed E-state index contributed by atoms with van der Waals surface area (Å²) in [6, 6.07) is 8.19. The topological polar surface area (TPSA) is 126 Å². The van der Waals surface area contributed by atoms with Gasteiger partial charge in [-0.25, -0.2) is 8.78 Å². The second-order valence-corrected chi connectivity index (χ2v) is 10.8. The van der Waals surface area contributed by atoms with Crippen LogP contribution in [0.4, 0.5) is 8.78 Å². The van der Waals surface area contributed by atoms with E-state index < -0.39 is 59.6 Å². The van der Waals surface area contributed by atoms with Crippen molar-refractivity contribution in [1.29, 1.82) is 5.26 Å². The lowest BCUT2D eigenvalue weighted by Crippen LogP contribution is -2.50. The maximum Gasteiger partial charge on any atom is 0.237 e. The van der Waals surface area contributed by atoms with Gasteiger partial charge in [-0.15, -0.1) is 0 Å². The monoisotopic (exact) mass is 567 g/mol. The van der Waals surface area contributed by atoms with Crippen molar-refractivity contribution in [3.05, 3.63) is 69.2 Å². The molecule has 0 spiro atoms. The number of nitrogens with zero attached hydrogens (tertiary/aromatic N) is 1. The first-order chi connectivity index (χ1) is 18.2. The van der Waals surface area contributed by atoms with Crippen LogP contribution in [0.1, 0.15) is 36.3 Å². The summed E-state index contributed by atoms with van der Waals surface area (Å²) in [6.45, 7) is -0.819. The molecule has 0 bridgehead atoms. The predicted molar refractivity (Wildman–Crippen MR) is 138 cm³/mol. The Kier molecular flexibility index (Phi) is 8.92. The Bertz CT molecular complexity index is 1230. The van der Waals surface area contributed by atoms with Gasteiger partial charge in [0.15, 0.2) is 0 Å². The van der Waals surface area contributed by atoms with Gasteiger partial charge in [-0.1, -0.05) is 41.4 Å². The molecular weight excluding hydrogens is 539 g/mol. The molecule has 1 aliphatic carbocycles. The molecule has 5 N–H and O–H groups in total. The highest BCUT2D eigenvalue weighted by molar-refractivity contribution is 6.31. The van der Waals surface area contributed by atoms with E-state index >= 15 is 8.78 Å². The fourth-order valence-corrected chi connectivity index (χ4v) is 6.07. The number of aliphatic hydroxyl groups excluding tert-OH is 3. The number of hydrogen-bond acceptors (Lipinski definition) is 6. The van der Waals surface area contributed by atoms with Crippen LogP contribution in [0.5, 0.6) is 0 Å². The van der Waals surface area contributed by atoms with Crippen LogP contribution in [0.15, 0.2) is 36.4 Å². The van der Waals surface area contributed by atoms with Crippen molar-refractivity contribution in [2.75, 3.05) is 19.8 Å². The molecule has 1 saturated carbocycles. The van der Waals surface area contributed by atoms with Crippen LogP contribution >= 0.6 is 23.2 Å². The molecule has 2 aromatic rings. The van der Waals surface area contributed by atoms with Gasteiger partial charge in [0.05, 0.1) is 29.8 Å². The molecule has 0 radical (unpaired) electrons. The number of amides is 1. The van der Waals surface area contributed by atoms with Gasteiger partial charge in [-0.05, 0) is 48.9 Å². The van der Waals surface area contributed by atoms with Crippen molar-refractivity contribution in [2.45, 2.75) is 48.8 Å². The third-order valence-corrected chi connectivity index (χ3v) is 8.22. The van der Waals surface area contributed by atoms with Crippen LogP contribution in [-0.4, -0.2) is 59.2 Å². The molecular formula is C27H29Cl2F2N3O4. The molecule has 4 rings (SSSR count). The molecule has 2 fully saturated rings. The Morgan fingerprint density at radius 3 is 2.55 bits per heavy atom. The molecule has 1 aliphatic heterocycles. The van der Waals surface area contributed by atoms with Gasteiger partial charge >= 0.3 is 0 Å². The summed E-state index contributed by atoms with van der Waals surface area (Å²) >= 11 is 12.1. The zero-order valence-electron chi connectivity index (χ0n) is 20.4. The average Bonchev–Trinajstić information content (AvgIpc) is 3.67. The lowest BCUT2D eigenvalue weighted by Gasteiger charge is -2.38. The molecule has 1 heterocycles. The van der Waals surface area contributed by atoms with Crippen LogP contribution < -0.4 is 10.6 Å². The molecule has 1 unspecified atom stereocenters. The number of benzene rings is 2. The van der Waals surface area contributed by atoms with Gasteiger partial charge in [0, 0.05) is 41.6 Å². The van der Waals surface area contributed by atoms with Crippen molar-refractivity contribution < 1.29 is 28.9 Å². The number of aliphatic hydroxyl groups is 3. The Morgan fingerprint density at radius 1 is 1.21 bits per heavy atom. The zero-order valence-corrected chi connectivity index (χ0v) is 21.9. The van der Waals surface area contributed by atoms with E-state index in [0.29, 0.717) is 0 Å². The van der Waals surface area contributed by atoms with E-state index in [4.69, 9.17) is 28.3 Å². The second kappa shape index (κ2) is 11.8. The molecule has 204 valence electrons. The Balaban J connectivity index is 1.91. The van der Waals surface area contributed by atoms with Crippen molar-refractivity contribution in [3.8, 4) is 6.07 Å². The highest BCUT2D eigenvalue weighted by Crippen LogP contribution is 2.55. The molecule has 38 heavy (non-hydrogen) atoms. The maximum absolute atomic E-state index is 15.6. The molecule has 1 saturated heterocycles. The minimum atomic E-state index is -1.83. The van der Waals surface area contributed by atoms with Crippen molar-refractivity contribution in [2.24, 2.45) is 11.8 Å². The molecule has 6 atom stereocenters. The summed E-state index contributed by atoms with van der Waals surface area (Å²) < 4.78 is 31.2. The standard InChI is InChI=1S/C27H29Cl2F2N3O4/c28-15-6-7-19(21(30)10-15)27(13-32)22(17-2-1-3-20(29)23(17)31)24(26(38)33-9-8-16(37)11-35)34-25(27)18(12-36)14-4-5-14/h1-3,6-7,10,14,16,18,22,24-25,34-37H,4-5,8-9,11-12H2,(H,33,38)/t16-,18?,22+,24-,25+,27-/m0/s1. The minimum Gasteiger partial charge on any atom is -0.396 e. The highest BCUT2D eigenvalue weighted by Gasteiger charge is 2.63. The van der Waals surface area contributed by atoms with Gasteiger partial charge in [-0.2, -0.15) is 5.26 Å². The number of halogens is 4. The van der Waals surface area contributed by atoms with E-state index in [1.54, 1.807) is 0 Å². The van der Waals surface area contributed by atoms with Crippen LogP contribution in [0.2, 0.25) is 10.0 Å². The number of carbonyl (C=O) groups excluding carboxylic acids is 1. The van der Waals surface area contributed by atoms with E-state index in [9.17, 15) is 20.3 Å². The fraction of sp³-hybridized carbons (Fsp3) is 0.481. The SMILES string of the molecule is N#C[C@@]1(c2ccc(Cl)cc2F)[C@@H](C(CO)C2CC2)N[C@H](C(=O)NCC[C@H](O)CO)[C@H]1c1cccc(Cl)c1F. The molecule has 2 aromatic carbocycles. The number of nitriles is 1. The van der Waals surface area contributed by atoms with Gasteiger partial charge in [0.25, 0.3) is 0 Å². The Hall–Kier alpha value is -2.32. The predicted octanol–water partition coefficient (Wildman–Crippen LogP) is 3.04. The minimum absolute atomic E-state index is 0.00489. The van der Waals surface area contributed by atoms with Gasteiger partial charge in [0.2, 0.25) is 5.91 Å². The zero-order chi connectivity index (χ0) is 27.6. The third kappa shape index (κ3) is 5.26. The smallest absolute Gasteiger partial charge is 0.237 e. The summed E-state index contributed by atoms with van der Waals surface area (Å²) in [7, 11) is 0. The van der Waals surface area contributed by atoms with E-state index in [1.165, 1.54) is 30.3 Å². The lowest BCUT2D eigenvalue weighted by atomic mass is 9.62. The first kappa shape index (κ1) is 28.7. The quantitative estimate of drug-likeness (QED) is 0.300. The molecule has 1 amide bonds. The van der Waals surface area contributed by atoms with E-state index in [2.05, 4.69) is 16.7 Å². The van der Waals surface area contributed by atoms with Crippen LogP contribution in [-0.2, 0) is 10.2 Å².